The fourth-order valence-electron chi connectivity index (χ4n) is 0.902. The first kappa shape index (κ1) is 14.8. The third kappa shape index (κ3) is 8.75. The normalized spacial score (nSPS) is 13.7. The molecule has 0 rings (SSSR count). The van der Waals surface area contributed by atoms with Gasteiger partial charge in [-0.3, -0.25) is 4.79 Å². The molecule has 0 fully saturated rings. The van der Waals surface area contributed by atoms with Gasteiger partial charge in [0.15, 0.2) is 0 Å². The molecule has 0 saturated heterocycles. The highest BCUT2D eigenvalue weighted by Gasteiger charge is 2.21. The Hall–Kier alpha value is -0.220. The van der Waals surface area contributed by atoms with Crippen LogP contribution in [0.25, 0.3) is 0 Å². The molecule has 0 radical (unpaired) electrons. The van der Waals surface area contributed by atoms with Crippen molar-refractivity contribution in [2.75, 3.05) is 11.5 Å². The van der Waals surface area contributed by atoms with Crippen molar-refractivity contribution in [2.24, 2.45) is 5.73 Å². The van der Waals surface area contributed by atoms with Crippen molar-refractivity contribution in [3.8, 4) is 0 Å². The molecule has 0 unspecified atom stereocenters. The van der Waals surface area contributed by atoms with Gasteiger partial charge in [0.25, 0.3) is 0 Å². The molecule has 2 N–H and O–H groups in total. The van der Waals surface area contributed by atoms with Crippen LogP contribution >= 0.6 is 11.8 Å². The number of hydrogen-bond acceptors (Lipinski definition) is 4. The Kier molecular flexibility index (Phi) is 7.02. The van der Waals surface area contributed by atoms with Crippen LogP contribution < -0.4 is 5.73 Å². The molecule has 1 atom stereocenters. The number of carbonyl (C=O) groups is 1. The lowest BCUT2D eigenvalue weighted by atomic mass is 10.2. The van der Waals surface area contributed by atoms with E-state index in [9.17, 15) is 4.79 Å². The van der Waals surface area contributed by atoms with E-state index >= 15 is 0 Å². The number of ether oxygens (including phenoxy) is 1. The Balaban J connectivity index is 3.70. The van der Waals surface area contributed by atoms with Crippen LogP contribution in [0.3, 0.4) is 0 Å². The molecule has 90 valence electrons. The summed E-state index contributed by atoms with van der Waals surface area (Å²) >= 11 is 1.71. The molecule has 0 aliphatic carbocycles. The highest BCUT2D eigenvalue weighted by atomic mass is 32.2. The van der Waals surface area contributed by atoms with Crippen LogP contribution in [0.1, 0.15) is 40.5 Å². The van der Waals surface area contributed by atoms with Crippen LogP contribution in [0.15, 0.2) is 0 Å². The van der Waals surface area contributed by atoms with Crippen LogP contribution in [0, 0.1) is 0 Å². The Morgan fingerprint density at radius 1 is 1.47 bits per heavy atom. The molecule has 0 saturated carbocycles. The van der Waals surface area contributed by atoms with Gasteiger partial charge < -0.3 is 10.5 Å². The number of hydrogen-bond donors (Lipinski definition) is 1. The molecule has 15 heavy (non-hydrogen) atoms. The van der Waals surface area contributed by atoms with E-state index in [0.717, 1.165) is 5.75 Å². The number of nitrogens with two attached hydrogens (primary N) is 1. The summed E-state index contributed by atoms with van der Waals surface area (Å²) < 4.78 is 5.18. The second kappa shape index (κ2) is 7.12. The van der Waals surface area contributed by atoms with E-state index in [4.69, 9.17) is 10.5 Å². The molecular weight excluding hydrogens is 210 g/mol. The maximum absolute atomic E-state index is 11.5. The van der Waals surface area contributed by atoms with Gasteiger partial charge in [-0.25, -0.2) is 0 Å². The van der Waals surface area contributed by atoms with Crippen LogP contribution in [0.2, 0.25) is 0 Å². The molecule has 3 nitrogen and oxygen atoms in total. The van der Waals surface area contributed by atoms with E-state index in [1.54, 1.807) is 11.8 Å². The van der Waals surface area contributed by atoms with Crippen LogP contribution in [-0.4, -0.2) is 29.1 Å². The lowest BCUT2D eigenvalue weighted by Gasteiger charge is -2.21. The van der Waals surface area contributed by atoms with Crippen LogP contribution in [0.4, 0.5) is 0 Å². The van der Waals surface area contributed by atoms with Crippen molar-refractivity contribution >= 4 is 17.7 Å². The first-order valence-electron chi connectivity index (χ1n) is 5.43. The minimum atomic E-state index is -0.494. The van der Waals surface area contributed by atoms with E-state index in [0.29, 0.717) is 5.75 Å². The maximum Gasteiger partial charge on any atom is 0.324 e. The average molecular weight is 233 g/mol. The van der Waals surface area contributed by atoms with Crippen molar-refractivity contribution in [2.45, 2.75) is 52.2 Å². The van der Waals surface area contributed by atoms with E-state index in [-0.39, 0.29) is 5.97 Å². The SMILES string of the molecule is CCCCSC[C@H](N)C(=O)OC(C)(C)C. The van der Waals surface area contributed by atoms with Gasteiger partial charge in [-0.15, -0.1) is 0 Å². The first-order valence-corrected chi connectivity index (χ1v) is 6.58. The van der Waals surface area contributed by atoms with Gasteiger partial charge in [-0.05, 0) is 32.9 Å². The summed E-state index contributed by atoms with van der Waals surface area (Å²) in [5.74, 6) is 1.41. The van der Waals surface area contributed by atoms with E-state index in [2.05, 4.69) is 6.92 Å². The summed E-state index contributed by atoms with van der Waals surface area (Å²) in [5.41, 5.74) is 5.27. The third-order valence-corrected chi connectivity index (χ3v) is 2.82. The van der Waals surface area contributed by atoms with Crippen molar-refractivity contribution < 1.29 is 9.53 Å². The van der Waals surface area contributed by atoms with Gasteiger partial charge in [0.05, 0.1) is 0 Å². The number of rotatable bonds is 6. The molecule has 0 aromatic rings. The smallest absolute Gasteiger partial charge is 0.324 e. The summed E-state index contributed by atoms with van der Waals surface area (Å²) in [6.45, 7) is 7.69. The summed E-state index contributed by atoms with van der Waals surface area (Å²) in [4.78, 5) is 11.5. The minimum absolute atomic E-state index is 0.300. The van der Waals surface area contributed by atoms with Gasteiger partial charge >= 0.3 is 5.97 Å². The molecule has 0 heterocycles. The fourth-order valence-corrected chi connectivity index (χ4v) is 1.95. The molecule has 0 aromatic heterocycles. The molecule has 0 aromatic carbocycles. The zero-order valence-electron chi connectivity index (χ0n) is 10.2. The lowest BCUT2D eigenvalue weighted by Crippen LogP contribution is -2.39. The topological polar surface area (TPSA) is 52.3 Å². The highest BCUT2D eigenvalue weighted by molar-refractivity contribution is 7.99. The summed E-state index contributed by atoms with van der Waals surface area (Å²) in [6.07, 6.45) is 2.35. The number of esters is 1. The van der Waals surface area contributed by atoms with Crippen molar-refractivity contribution in [3.63, 3.8) is 0 Å². The van der Waals surface area contributed by atoms with Gasteiger partial charge in [0, 0.05) is 5.75 Å². The van der Waals surface area contributed by atoms with Crippen molar-refractivity contribution in [1.82, 2.24) is 0 Å². The summed E-state index contributed by atoms with van der Waals surface area (Å²) in [6, 6.07) is -0.494. The molecule has 0 aliphatic heterocycles. The highest BCUT2D eigenvalue weighted by Crippen LogP contribution is 2.11. The van der Waals surface area contributed by atoms with E-state index in [1.807, 2.05) is 20.8 Å². The lowest BCUT2D eigenvalue weighted by molar-refractivity contribution is -0.155. The van der Waals surface area contributed by atoms with Crippen molar-refractivity contribution in [1.29, 1.82) is 0 Å². The molecule has 0 bridgehead atoms. The Morgan fingerprint density at radius 3 is 2.53 bits per heavy atom. The standard InChI is InChI=1S/C11H23NO2S/c1-5-6-7-15-8-9(12)10(13)14-11(2,3)4/h9H,5-8,12H2,1-4H3/t9-/m0/s1. The quantitative estimate of drug-likeness (QED) is 0.564. The van der Waals surface area contributed by atoms with Crippen molar-refractivity contribution in [3.05, 3.63) is 0 Å². The Labute approximate surface area is 97.1 Å². The van der Waals surface area contributed by atoms with Gasteiger partial charge in [0.1, 0.15) is 11.6 Å². The number of thioether (sulfide) groups is 1. The van der Waals surface area contributed by atoms with Crippen LogP contribution in [0.5, 0.6) is 0 Å². The molecule has 0 amide bonds. The van der Waals surface area contributed by atoms with Gasteiger partial charge in [-0.1, -0.05) is 13.3 Å². The summed E-state index contributed by atoms with van der Waals surface area (Å²) in [5, 5.41) is 0. The average Bonchev–Trinajstić information content (AvgIpc) is 2.09. The Bertz CT molecular complexity index is 190. The monoisotopic (exact) mass is 233 g/mol. The number of unbranched alkanes of at least 4 members (excludes halogenated alkanes) is 1. The predicted octanol–water partition coefficient (Wildman–Crippen LogP) is 2.19. The molecule has 0 spiro atoms. The Morgan fingerprint density at radius 2 is 2.07 bits per heavy atom. The zero-order valence-corrected chi connectivity index (χ0v) is 11.0. The maximum atomic E-state index is 11.5. The molecule has 4 heteroatoms. The third-order valence-electron chi connectivity index (χ3n) is 1.65. The zero-order chi connectivity index (χ0) is 11.9. The fraction of sp³-hybridized carbons (Fsp3) is 0.909. The first-order chi connectivity index (χ1) is 6.87. The minimum Gasteiger partial charge on any atom is -0.459 e. The molecule has 0 aliphatic rings. The van der Waals surface area contributed by atoms with Crippen LogP contribution in [-0.2, 0) is 9.53 Å². The predicted molar refractivity (Wildman–Crippen MR) is 66.1 cm³/mol. The van der Waals surface area contributed by atoms with Gasteiger partial charge in [-0.2, -0.15) is 11.8 Å². The van der Waals surface area contributed by atoms with E-state index < -0.39 is 11.6 Å². The second-order valence-electron chi connectivity index (χ2n) is 4.57. The van der Waals surface area contributed by atoms with E-state index in [1.165, 1.54) is 12.8 Å². The largest absolute Gasteiger partial charge is 0.459 e. The molecular formula is C11H23NO2S. The summed E-state index contributed by atoms with van der Waals surface area (Å²) in [7, 11) is 0. The number of carbonyl (C=O) groups excluding carboxylic acids is 1. The second-order valence-corrected chi connectivity index (χ2v) is 5.72. The van der Waals surface area contributed by atoms with Gasteiger partial charge in [0.2, 0.25) is 0 Å².